The first-order valence-electron chi connectivity index (χ1n) is 5.57. The van der Waals surface area contributed by atoms with Crippen molar-refractivity contribution < 1.29 is 0 Å². The first-order chi connectivity index (χ1) is 8.40. The van der Waals surface area contributed by atoms with Crippen LogP contribution in [-0.4, -0.2) is 12.6 Å². The molecule has 0 saturated heterocycles. The quantitative estimate of drug-likeness (QED) is 0.204. The summed E-state index contributed by atoms with van der Waals surface area (Å²) in [6, 6.07) is 0. The van der Waals surface area contributed by atoms with Gasteiger partial charge in [0, 0.05) is 5.04 Å². The highest BCUT2D eigenvalue weighted by molar-refractivity contribution is 9.84. The van der Waals surface area contributed by atoms with Crippen LogP contribution >= 0.6 is 107 Å². The number of hydrogen-bond donors (Lipinski definition) is 0. The lowest BCUT2D eigenvalue weighted by atomic mass is 9.88. The number of rotatable bonds is 4. The fourth-order valence-corrected chi connectivity index (χ4v) is 108. The fourth-order valence-electron chi connectivity index (χ4n) is 2.13. The Balaban J connectivity index is 3.38. The Hall–Kier alpha value is 3.49. The molecule has 0 fully saturated rings. The normalized spacial score (nSPS) is 25.2. The Labute approximate surface area is 172 Å². The molecule has 0 amide bonds. The molecule has 1 aliphatic carbocycles. The van der Waals surface area contributed by atoms with Gasteiger partial charge in [-0.1, -0.05) is 84.0 Å². The van der Waals surface area contributed by atoms with Gasteiger partial charge in [0.25, 0.3) is 3.45 Å². The minimum Gasteiger partial charge on any atom is -0.113 e. The third-order valence-electron chi connectivity index (χ3n) is 3.46. The van der Waals surface area contributed by atoms with Gasteiger partial charge in [0.05, 0.1) is 0 Å². The van der Waals surface area contributed by atoms with E-state index in [0.717, 1.165) is 6.42 Å². The van der Waals surface area contributed by atoms with Crippen LogP contribution in [0.15, 0.2) is 24.3 Å². The molecule has 0 bridgehead atoms. The zero-order valence-corrected chi connectivity index (χ0v) is 24.3. The highest BCUT2D eigenvalue weighted by atomic mass is 80.0. The van der Waals surface area contributed by atoms with Crippen molar-refractivity contribution in [3.63, 3.8) is 0 Å². The molecule has 0 heterocycles. The van der Waals surface area contributed by atoms with Gasteiger partial charge in [-0.2, -0.15) is 0 Å². The van der Waals surface area contributed by atoms with Crippen molar-refractivity contribution in [2.24, 2.45) is 5.92 Å². The molecule has 0 aliphatic heterocycles. The monoisotopic (exact) mass is 757 g/mol. The summed E-state index contributed by atoms with van der Waals surface area (Å²) in [5, 5.41) is 0.133. The molecule has 0 aromatic carbocycles. The lowest BCUT2D eigenvalue weighted by Gasteiger charge is -2.50. The lowest BCUT2D eigenvalue weighted by molar-refractivity contribution is 0.484. The Kier molecular flexibility index (Phi) is 7.74. The Morgan fingerprint density at radius 3 is 1.79 bits per heavy atom. The van der Waals surface area contributed by atoms with Crippen LogP contribution in [0.1, 0.15) is 20.3 Å². The summed E-state index contributed by atoms with van der Waals surface area (Å²) in [6.07, 6.45) is 10.0. The predicted molar refractivity (Wildman–Crippen MR) is 120 cm³/mol. The zero-order valence-electron chi connectivity index (χ0n) is 10.2. The van der Waals surface area contributed by atoms with Gasteiger partial charge in [0.15, 0.2) is 0 Å². The molecule has 1 unspecified atom stereocenters. The topological polar surface area (TPSA) is 0 Å². The highest BCUT2D eigenvalue weighted by Gasteiger charge is 2.70. The zero-order chi connectivity index (χ0) is 15.1. The second kappa shape index (κ2) is 7.16. The summed E-state index contributed by atoms with van der Waals surface area (Å²) in [5.74, 6) is 0.546. The summed E-state index contributed by atoms with van der Waals surface area (Å²) < 4.78 is -3.83. The maximum absolute atomic E-state index is 4.14. The van der Waals surface area contributed by atoms with Crippen LogP contribution in [-0.2, 0) is 0 Å². The standard InChI is InChI=1S/C9H13Br7Si3/c1-8(2)9(6-4-3-5-7-9)17(10,11)19(15,16)18(12,13)14/h3-6,8H,7H2,1-2H3. The number of halogens is 7. The van der Waals surface area contributed by atoms with Gasteiger partial charge in [-0.3, -0.25) is 0 Å². The van der Waals surface area contributed by atoms with Gasteiger partial charge in [-0.05, 0) is 12.3 Å². The van der Waals surface area contributed by atoms with E-state index in [2.05, 4.69) is 145 Å². The van der Waals surface area contributed by atoms with Crippen molar-refractivity contribution >= 4 is 120 Å². The van der Waals surface area contributed by atoms with Crippen molar-refractivity contribution in [3.05, 3.63) is 24.3 Å². The van der Waals surface area contributed by atoms with E-state index in [0.29, 0.717) is 5.92 Å². The minimum absolute atomic E-state index is 0.133. The van der Waals surface area contributed by atoms with E-state index < -0.39 is 12.6 Å². The van der Waals surface area contributed by atoms with Crippen LogP contribution in [0.25, 0.3) is 0 Å². The third-order valence-corrected chi connectivity index (χ3v) is 137. The Morgan fingerprint density at radius 2 is 1.47 bits per heavy atom. The first kappa shape index (κ1) is 20.5. The second-order valence-electron chi connectivity index (χ2n) is 4.83. The van der Waals surface area contributed by atoms with E-state index in [9.17, 15) is 0 Å². The third kappa shape index (κ3) is 3.78. The van der Waals surface area contributed by atoms with E-state index in [1.807, 2.05) is 0 Å². The molecular weight excluding hydrogens is 752 g/mol. The molecule has 19 heavy (non-hydrogen) atoms. The van der Waals surface area contributed by atoms with Gasteiger partial charge in [0.2, 0.25) is 9.18 Å². The molecule has 1 aliphatic rings. The van der Waals surface area contributed by atoms with Gasteiger partial charge < -0.3 is 0 Å². The Bertz CT molecular complexity index is 399. The summed E-state index contributed by atoms with van der Waals surface area (Å²) in [5.41, 5.74) is 0. The molecule has 110 valence electrons. The molecule has 1 atom stereocenters. The molecular formula is C9H13Br7Si3. The maximum atomic E-state index is 4.14. The van der Waals surface area contributed by atoms with Crippen molar-refractivity contribution in [2.75, 3.05) is 0 Å². The van der Waals surface area contributed by atoms with E-state index in [-0.39, 0.29) is 5.04 Å². The maximum Gasteiger partial charge on any atom is 0.278 e. The number of hydrogen-bond acceptors (Lipinski definition) is 0. The average molecular weight is 765 g/mol. The van der Waals surface area contributed by atoms with Crippen LogP contribution in [0.5, 0.6) is 0 Å². The molecule has 0 N–H and O–H groups in total. The lowest BCUT2D eigenvalue weighted by Crippen LogP contribution is -2.64. The van der Waals surface area contributed by atoms with Crippen LogP contribution in [0.4, 0.5) is 0 Å². The average Bonchev–Trinajstić information content (AvgIpc) is 2.27. The molecule has 0 aromatic rings. The van der Waals surface area contributed by atoms with E-state index in [1.54, 1.807) is 0 Å². The molecule has 0 spiro atoms. The molecule has 0 saturated carbocycles. The molecule has 0 nitrogen and oxygen atoms in total. The minimum atomic E-state index is -2.00. The highest BCUT2D eigenvalue weighted by Crippen LogP contribution is 2.66. The summed E-state index contributed by atoms with van der Waals surface area (Å²) in [6.45, 7) is 4.61. The van der Waals surface area contributed by atoms with Crippen molar-refractivity contribution in [1.29, 1.82) is 0 Å². The van der Waals surface area contributed by atoms with Crippen LogP contribution in [0.3, 0.4) is 0 Å². The summed E-state index contributed by atoms with van der Waals surface area (Å²) >= 11 is 27.9. The van der Waals surface area contributed by atoms with E-state index >= 15 is 0 Å². The number of allylic oxidation sites excluding steroid dienone is 4. The van der Waals surface area contributed by atoms with Gasteiger partial charge in [0.1, 0.15) is 0 Å². The van der Waals surface area contributed by atoms with E-state index in [1.165, 1.54) is 0 Å². The molecule has 1 rings (SSSR count). The van der Waals surface area contributed by atoms with Crippen LogP contribution < -0.4 is 0 Å². The largest absolute Gasteiger partial charge is 0.278 e. The van der Waals surface area contributed by atoms with Crippen LogP contribution in [0, 0.1) is 5.92 Å². The van der Waals surface area contributed by atoms with E-state index in [4.69, 9.17) is 0 Å². The van der Waals surface area contributed by atoms with Crippen molar-refractivity contribution in [3.8, 4) is 0 Å². The molecule has 0 radical (unpaired) electrons. The fraction of sp³-hybridized carbons (Fsp3) is 0.556. The second-order valence-corrected chi connectivity index (χ2v) is 80.3. The summed E-state index contributed by atoms with van der Waals surface area (Å²) in [7, 11) is 0. The first-order valence-corrected chi connectivity index (χ1v) is 29.4. The van der Waals surface area contributed by atoms with Crippen molar-refractivity contribution in [2.45, 2.75) is 25.3 Å². The predicted octanol–water partition coefficient (Wildman–Crippen LogP) is 7.64. The SMILES string of the molecule is CC(C)C1([Si](Br)(Br)[Si](Br)(Br)[Si](Br)(Br)Br)C=CC=CC1. The van der Waals surface area contributed by atoms with Gasteiger partial charge in [-0.25, -0.2) is 0 Å². The van der Waals surface area contributed by atoms with Gasteiger partial charge in [-0.15, -0.1) is 61.2 Å². The Morgan fingerprint density at radius 1 is 0.947 bits per heavy atom. The van der Waals surface area contributed by atoms with Crippen LogP contribution in [0.2, 0.25) is 5.04 Å². The van der Waals surface area contributed by atoms with Gasteiger partial charge >= 0.3 is 0 Å². The smallest absolute Gasteiger partial charge is 0.113 e. The summed E-state index contributed by atoms with van der Waals surface area (Å²) in [4.78, 5) is -2.00. The molecule has 10 heteroatoms. The van der Waals surface area contributed by atoms with Crippen molar-refractivity contribution in [1.82, 2.24) is 0 Å². The molecule has 0 aromatic heterocycles.